The third kappa shape index (κ3) is 3.73. The molecule has 0 unspecified atom stereocenters. The van der Waals surface area contributed by atoms with Crippen molar-refractivity contribution in [1.82, 2.24) is 0 Å². The first-order valence-corrected chi connectivity index (χ1v) is 7.26. The highest BCUT2D eigenvalue weighted by Gasteiger charge is 2.29. The lowest BCUT2D eigenvalue weighted by Gasteiger charge is -2.37. The van der Waals surface area contributed by atoms with Gasteiger partial charge in [-0.2, -0.15) is 5.26 Å². The van der Waals surface area contributed by atoms with Crippen LogP contribution in [0.2, 0.25) is 0 Å². The number of rotatable bonds is 2. The molecule has 1 saturated carbocycles. The Balaban J connectivity index is 1.87. The highest BCUT2D eigenvalue weighted by molar-refractivity contribution is 5.47. The lowest BCUT2D eigenvalue weighted by molar-refractivity contribution is 0.173. The minimum Gasteiger partial charge on any atom is -0.382 e. The summed E-state index contributed by atoms with van der Waals surface area (Å²) in [6.45, 7) is 7.06. The summed E-state index contributed by atoms with van der Waals surface area (Å²) in [7, 11) is 0. The van der Waals surface area contributed by atoms with E-state index < -0.39 is 0 Å². The van der Waals surface area contributed by atoms with Crippen molar-refractivity contribution in [2.75, 3.05) is 5.32 Å². The van der Waals surface area contributed by atoms with Crippen molar-refractivity contribution in [2.24, 2.45) is 11.3 Å². The predicted molar refractivity (Wildman–Crippen MR) is 80.0 cm³/mol. The van der Waals surface area contributed by atoms with Crippen molar-refractivity contribution < 1.29 is 0 Å². The highest BCUT2D eigenvalue weighted by Crippen LogP contribution is 2.38. The highest BCUT2D eigenvalue weighted by atomic mass is 14.9. The molecule has 2 rings (SSSR count). The Bertz CT molecular complexity index is 440. The number of hydrogen-bond acceptors (Lipinski definition) is 2. The molecule has 1 N–H and O–H groups in total. The molecule has 0 heterocycles. The van der Waals surface area contributed by atoms with Gasteiger partial charge in [-0.1, -0.05) is 20.8 Å². The first kappa shape index (κ1) is 13.9. The molecule has 0 aliphatic heterocycles. The molecule has 0 saturated heterocycles. The number of anilines is 1. The van der Waals surface area contributed by atoms with Gasteiger partial charge in [0.1, 0.15) is 0 Å². The Kier molecular flexibility index (Phi) is 4.14. The minimum absolute atomic E-state index is 0.444. The van der Waals surface area contributed by atoms with Gasteiger partial charge in [-0.15, -0.1) is 0 Å². The maximum Gasteiger partial charge on any atom is 0.0991 e. The Hall–Kier alpha value is -1.49. The van der Waals surface area contributed by atoms with Gasteiger partial charge in [-0.3, -0.25) is 0 Å². The fourth-order valence-corrected chi connectivity index (χ4v) is 2.98. The van der Waals surface area contributed by atoms with E-state index >= 15 is 0 Å². The van der Waals surface area contributed by atoms with Crippen molar-refractivity contribution in [1.29, 1.82) is 5.26 Å². The molecule has 1 aliphatic carbocycles. The van der Waals surface area contributed by atoms with Crippen LogP contribution in [0.3, 0.4) is 0 Å². The zero-order chi connectivity index (χ0) is 13.9. The fraction of sp³-hybridized carbons (Fsp3) is 0.588. The van der Waals surface area contributed by atoms with E-state index in [0.29, 0.717) is 11.5 Å². The topological polar surface area (TPSA) is 35.8 Å². The molecular weight excluding hydrogens is 232 g/mol. The molecule has 0 bridgehead atoms. The van der Waals surface area contributed by atoms with Gasteiger partial charge in [-0.05, 0) is 61.3 Å². The van der Waals surface area contributed by atoms with E-state index in [4.69, 9.17) is 5.26 Å². The first-order chi connectivity index (χ1) is 8.99. The summed E-state index contributed by atoms with van der Waals surface area (Å²) in [4.78, 5) is 0. The Labute approximate surface area is 116 Å². The molecule has 0 amide bonds. The zero-order valence-corrected chi connectivity index (χ0v) is 12.2. The van der Waals surface area contributed by atoms with Crippen LogP contribution in [0.5, 0.6) is 0 Å². The molecule has 0 aromatic heterocycles. The van der Waals surface area contributed by atoms with Gasteiger partial charge in [-0.25, -0.2) is 0 Å². The van der Waals surface area contributed by atoms with E-state index in [1.807, 2.05) is 24.3 Å². The molecule has 1 aliphatic rings. The smallest absolute Gasteiger partial charge is 0.0991 e. The minimum atomic E-state index is 0.444. The van der Waals surface area contributed by atoms with Crippen LogP contribution in [0, 0.1) is 22.7 Å². The van der Waals surface area contributed by atoms with Crippen molar-refractivity contribution in [3.05, 3.63) is 29.8 Å². The molecule has 19 heavy (non-hydrogen) atoms. The summed E-state index contributed by atoms with van der Waals surface area (Å²) in [5.41, 5.74) is 2.31. The zero-order valence-electron chi connectivity index (χ0n) is 12.2. The van der Waals surface area contributed by atoms with Crippen LogP contribution in [-0.4, -0.2) is 6.04 Å². The van der Waals surface area contributed by atoms with Crippen LogP contribution in [0.15, 0.2) is 24.3 Å². The van der Waals surface area contributed by atoms with E-state index in [-0.39, 0.29) is 0 Å². The van der Waals surface area contributed by atoms with Gasteiger partial charge in [0.25, 0.3) is 0 Å². The number of nitrogens with one attached hydrogen (secondary N) is 1. The maximum atomic E-state index is 8.78. The van der Waals surface area contributed by atoms with Crippen LogP contribution in [0.4, 0.5) is 5.69 Å². The summed E-state index contributed by atoms with van der Waals surface area (Å²) in [6.07, 6.45) is 5.14. The van der Waals surface area contributed by atoms with E-state index in [0.717, 1.165) is 17.2 Å². The quantitative estimate of drug-likeness (QED) is 0.841. The summed E-state index contributed by atoms with van der Waals surface area (Å²) in [6, 6.07) is 10.5. The van der Waals surface area contributed by atoms with Crippen molar-refractivity contribution in [3.8, 4) is 6.07 Å². The lowest BCUT2D eigenvalue weighted by Crippen LogP contribution is -2.31. The molecule has 2 nitrogen and oxygen atoms in total. The van der Waals surface area contributed by atoms with Crippen LogP contribution in [0.1, 0.15) is 52.0 Å². The number of benzene rings is 1. The van der Waals surface area contributed by atoms with E-state index in [1.165, 1.54) is 25.7 Å². The largest absolute Gasteiger partial charge is 0.382 e. The Morgan fingerprint density at radius 3 is 2.11 bits per heavy atom. The van der Waals surface area contributed by atoms with Gasteiger partial charge < -0.3 is 5.32 Å². The van der Waals surface area contributed by atoms with E-state index in [2.05, 4.69) is 32.2 Å². The van der Waals surface area contributed by atoms with Crippen LogP contribution < -0.4 is 5.32 Å². The number of nitrogens with zero attached hydrogens (tertiary/aromatic N) is 1. The monoisotopic (exact) mass is 256 g/mol. The van der Waals surface area contributed by atoms with Gasteiger partial charge in [0.2, 0.25) is 0 Å². The molecule has 1 aromatic rings. The average Bonchev–Trinajstić information content (AvgIpc) is 2.39. The summed E-state index contributed by atoms with van der Waals surface area (Å²) in [5.74, 6) is 0.853. The second-order valence-electron chi connectivity index (χ2n) is 6.75. The summed E-state index contributed by atoms with van der Waals surface area (Å²) in [5, 5.41) is 12.4. The third-order valence-corrected chi connectivity index (χ3v) is 4.34. The predicted octanol–water partition coefficient (Wildman–Crippen LogP) is 4.58. The fourth-order valence-electron chi connectivity index (χ4n) is 2.98. The molecule has 102 valence electrons. The third-order valence-electron chi connectivity index (χ3n) is 4.34. The van der Waals surface area contributed by atoms with Crippen LogP contribution in [-0.2, 0) is 0 Å². The van der Waals surface area contributed by atoms with Gasteiger partial charge in [0.15, 0.2) is 0 Å². The maximum absolute atomic E-state index is 8.78. The molecule has 0 spiro atoms. The average molecular weight is 256 g/mol. The van der Waals surface area contributed by atoms with Crippen molar-refractivity contribution in [3.63, 3.8) is 0 Å². The van der Waals surface area contributed by atoms with Crippen molar-refractivity contribution in [2.45, 2.75) is 52.5 Å². The van der Waals surface area contributed by atoms with Crippen molar-refractivity contribution >= 4 is 5.69 Å². The van der Waals surface area contributed by atoms with E-state index in [9.17, 15) is 0 Å². The molecule has 1 fully saturated rings. The first-order valence-electron chi connectivity index (χ1n) is 7.26. The Morgan fingerprint density at radius 1 is 1.05 bits per heavy atom. The molecule has 1 aromatic carbocycles. The second kappa shape index (κ2) is 5.65. The molecule has 0 radical (unpaired) electrons. The van der Waals surface area contributed by atoms with Gasteiger partial charge >= 0.3 is 0 Å². The molecule has 0 atom stereocenters. The molecule has 2 heteroatoms. The number of nitriles is 1. The molecular formula is C17H24N2. The van der Waals surface area contributed by atoms with Crippen LogP contribution >= 0.6 is 0 Å². The standard InChI is InChI=1S/C17H24N2/c1-17(2,3)14-6-10-16(11-7-14)19-15-8-4-13(12-18)5-9-15/h4-5,8-9,14,16,19H,6-7,10-11H2,1-3H3. The van der Waals surface area contributed by atoms with Gasteiger partial charge in [0, 0.05) is 11.7 Å². The summed E-state index contributed by atoms with van der Waals surface area (Å²) < 4.78 is 0. The van der Waals surface area contributed by atoms with Gasteiger partial charge in [0.05, 0.1) is 11.6 Å². The van der Waals surface area contributed by atoms with Crippen LogP contribution in [0.25, 0.3) is 0 Å². The second-order valence-corrected chi connectivity index (χ2v) is 6.75. The summed E-state index contributed by atoms with van der Waals surface area (Å²) >= 11 is 0. The van der Waals surface area contributed by atoms with E-state index in [1.54, 1.807) is 0 Å². The Morgan fingerprint density at radius 2 is 1.63 bits per heavy atom. The normalized spacial score (nSPS) is 23.7. The SMILES string of the molecule is CC(C)(C)C1CCC(Nc2ccc(C#N)cc2)CC1. The number of hydrogen-bond donors (Lipinski definition) is 1. The lowest BCUT2D eigenvalue weighted by atomic mass is 9.71.